The molecule has 0 unspecified atom stereocenters. The Morgan fingerprint density at radius 1 is 1.24 bits per heavy atom. The number of nitrogens with two attached hydrogens (primary N) is 2. The van der Waals surface area contributed by atoms with Crippen LogP contribution in [-0.4, -0.2) is 30.4 Å². The molecule has 5 N–H and O–H groups in total. The van der Waals surface area contributed by atoms with E-state index in [1.54, 1.807) is 23.0 Å². The summed E-state index contributed by atoms with van der Waals surface area (Å²) in [7, 11) is 0. The van der Waals surface area contributed by atoms with Gasteiger partial charge in [0.05, 0.1) is 24.1 Å². The first-order chi connectivity index (χ1) is 10.2. The van der Waals surface area contributed by atoms with Gasteiger partial charge in [0.25, 0.3) is 5.91 Å². The van der Waals surface area contributed by atoms with Gasteiger partial charge in [-0.25, -0.2) is 20.8 Å². The Balaban J connectivity index is 1.88. The largest absolute Gasteiger partial charge is 0.382 e. The number of carbonyl (C=O) groups excluding carboxylic acids is 1. The van der Waals surface area contributed by atoms with Crippen LogP contribution in [0.5, 0.6) is 0 Å². The van der Waals surface area contributed by atoms with E-state index in [0.717, 1.165) is 5.69 Å². The zero-order chi connectivity index (χ0) is 14.8. The third-order valence-corrected chi connectivity index (χ3v) is 2.98. The van der Waals surface area contributed by atoms with Crippen LogP contribution in [0.15, 0.2) is 31.0 Å². The van der Waals surface area contributed by atoms with Crippen molar-refractivity contribution in [3.63, 3.8) is 0 Å². The Bertz CT molecular complexity index is 795. The summed E-state index contributed by atoms with van der Waals surface area (Å²) in [5.74, 6) is 5.01. The van der Waals surface area contributed by atoms with Crippen molar-refractivity contribution in [2.24, 2.45) is 5.84 Å². The second kappa shape index (κ2) is 5.13. The molecule has 0 aromatic carbocycles. The zero-order valence-electron chi connectivity index (χ0n) is 10.9. The molecular weight excluding hydrogens is 272 g/mol. The van der Waals surface area contributed by atoms with Gasteiger partial charge >= 0.3 is 0 Å². The summed E-state index contributed by atoms with van der Waals surface area (Å²) in [6.45, 7) is 0.456. The molecule has 9 nitrogen and oxygen atoms in total. The van der Waals surface area contributed by atoms with Gasteiger partial charge in [0.2, 0.25) is 0 Å². The van der Waals surface area contributed by atoms with E-state index in [2.05, 4.69) is 25.4 Å². The number of aromatic nitrogens is 5. The number of pyridine rings is 1. The van der Waals surface area contributed by atoms with Gasteiger partial charge in [-0.05, 0) is 12.1 Å². The van der Waals surface area contributed by atoms with Crippen LogP contribution in [0.1, 0.15) is 16.1 Å². The summed E-state index contributed by atoms with van der Waals surface area (Å²) >= 11 is 0. The Morgan fingerprint density at radius 3 is 2.81 bits per heavy atom. The quantitative estimate of drug-likeness (QED) is 0.333. The maximum atomic E-state index is 11.3. The van der Waals surface area contributed by atoms with E-state index in [4.69, 9.17) is 11.6 Å². The van der Waals surface area contributed by atoms with Gasteiger partial charge in [0.1, 0.15) is 11.8 Å². The zero-order valence-corrected chi connectivity index (χ0v) is 10.9. The monoisotopic (exact) mass is 284 g/mol. The van der Waals surface area contributed by atoms with Gasteiger partial charge in [-0.3, -0.25) is 15.2 Å². The van der Waals surface area contributed by atoms with Crippen LogP contribution in [-0.2, 0) is 6.54 Å². The van der Waals surface area contributed by atoms with Crippen LogP contribution in [0.4, 0.5) is 5.82 Å². The first kappa shape index (κ1) is 12.9. The van der Waals surface area contributed by atoms with Crippen LogP contribution in [0.25, 0.3) is 11.2 Å². The highest BCUT2D eigenvalue weighted by Gasteiger charge is 2.09. The Kier molecular flexibility index (Phi) is 3.16. The number of anilines is 1. The van der Waals surface area contributed by atoms with Crippen LogP contribution < -0.4 is 17.0 Å². The second-order valence-corrected chi connectivity index (χ2v) is 4.32. The van der Waals surface area contributed by atoms with E-state index in [9.17, 15) is 4.79 Å². The molecule has 3 rings (SSSR count). The number of imidazole rings is 1. The van der Waals surface area contributed by atoms with Crippen molar-refractivity contribution < 1.29 is 4.79 Å². The lowest BCUT2D eigenvalue weighted by Crippen LogP contribution is -2.30. The predicted molar refractivity (Wildman–Crippen MR) is 74.7 cm³/mol. The maximum absolute atomic E-state index is 11.3. The van der Waals surface area contributed by atoms with Crippen molar-refractivity contribution in [2.75, 3.05) is 5.73 Å². The van der Waals surface area contributed by atoms with Crippen molar-refractivity contribution in [3.8, 4) is 0 Å². The molecule has 0 saturated carbocycles. The van der Waals surface area contributed by atoms with Gasteiger partial charge < -0.3 is 10.3 Å². The number of fused-ring (bicyclic) bond motifs is 1. The summed E-state index contributed by atoms with van der Waals surface area (Å²) in [5, 5.41) is 0. The number of nitrogens with one attached hydrogen (secondary N) is 1. The molecule has 3 aromatic rings. The fraction of sp³-hybridized carbons (Fsp3) is 0.0833. The molecule has 0 bridgehead atoms. The molecule has 1 amide bonds. The molecule has 106 valence electrons. The normalized spacial score (nSPS) is 10.7. The lowest BCUT2D eigenvalue weighted by molar-refractivity contribution is 0.0953. The number of nitrogen functional groups attached to an aromatic ring is 2. The minimum atomic E-state index is -0.386. The lowest BCUT2D eigenvalue weighted by Gasteiger charge is -2.04. The van der Waals surface area contributed by atoms with E-state index in [1.165, 1.54) is 12.5 Å². The van der Waals surface area contributed by atoms with Crippen molar-refractivity contribution in [2.45, 2.75) is 6.54 Å². The third kappa shape index (κ3) is 2.37. The summed E-state index contributed by atoms with van der Waals surface area (Å²) in [5.41, 5.74) is 10.1. The third-order valence-electron chi connectivity index (χ3n) is 2.98. The highest BCUT2D eigenvalue weighted by atomic mass is 16.2. The molecule has 0 aliphatic heterocycles. The van der Waals surface area contributed by atoms with E-state index >= 15 is 0 Å². The Labute approximate surface area is 119 Å². The minimum Gasteiger partial charge on any atom is -0.382 e. The smallest absolute Gasteiger partial charge is 0.266 e. The molecule has 0 aliphatic carbocycles. The number of nitrogens with zero attached hydrogens (tertiary/aromatic N) is 5. The lowest BCUT2D eigenvalue weighted by atomic mass is 10.2. The van der Waals surface area contributed by atoms with E-state index in [1.807, 2.05) is 0 Å². The van der Waals surface area contributed by atoms with Crippen molar-refractivity contribution in [1.29, 1.82) is 0 Å². The SMILES string of the molecule is NNC(=O)c1ccc(Cn2cnc3c(N)ncnc32)nc1. The van der Waals surface area contributed by atoms with Gasteiger partial charge in [-0.1, -0.05) is 0 Å². The van der Waals surface area contributed by atoms with Gasteiger partial charge in [0, 0.05) is 6.20 Å². The van der Waals surface area contributed by atoms with Crippen molar-refractivity contribution in [3.05, 3.63) is 42.2 Å². The molecule has 0 spiro atoms. The number of carbonyl (C=O) groups is 1. The molecule has 9 heteroatoms. The first-order valence-corrected chi connectivity index (χ1v) is 6.06. The van der Waals surface area contributed by atoms with Crippen LogP contribution >= 0.6 is 0 Å². The van der Waals surface area contributed by atoms with Crippen molar-refractivity contribution in [1.82, 2.24) is 29.9 Å². The molecule has 21 heavy (non-hydrogen) atoms. The molecule has 0 atom stereocenters. The molecule has 0 radical (unpaired) electrons. The second-order valence-electron chi connectivity index (χ2n) is 4.32. The molecule has 3 aromatic heterocycles. The van der Waals surface area contributed by atoms with Gasteiger partial charge in [-0.15, -0.1) is 0 Å². The summed E-state index contributed by atoms with van der Waals surface area (Å²) < 4.78 is 1.80. The number of hydrogen-bond donors (Lipinski definition) is 3. The average Bonchev–Trinajstić information content (AvgIpc) is 2.92. The number of hydrogen-bond acceptors (Lipinski definition) is 7. The maximum Gasteiger partial charge on any atom is 0.266 e. The van der Waals surface area contributed by atoms with E-state index < -0.39 is 0 Å². The molecule has 0 aliphatic rings. The summed E-state index contributed by atoms with van der Waals surface area (Å²) in [6.07, 6.45) is 4.47. The number of amides is 1. The standard InChI is InChI=1S/C12H12N8O/c13-10-9-11(17-5-16-10)20(6-18-9)4-8-2-1-7(3-15-8)12(21)19-14/h1-3,5-6H,4,14H2,(H,19,21)(H2,13,16,17). The Hall–Kier alpha value is -3.07. The van der Waals surface area contributed by atoms with Crippen LogP contribution in [0, 0.1) is 0 Å². The van der Waals surface area contributed by atoms with E-state index in [0.29, 0.717) is 29.1 Å². The van der Waals surface area contributed by atoms with Crippen LogP contribution in [0.3, 0.4) is 0 Å². The minimum absolute atomic E-state index is 0.335. The van der Waals surface area contributed by atoms with Crippen molar-refractivity contribution >= 4 is 22.9 Å². The molecule has 0 saturated heterocycles. The predicted octanol–water partition coefficient (Wildman–Crippen LogP) is -0.545. The van der Waals surface area contributed by atoms with Gasteiger partial charge in [0.15, 0.2) is 11.5 Å². The fourth-order valence-electron chi connectivity index (χ4n) is 1.92. The van der Waals surface area contributed by atoms with Gasteiger partial charge in [-0.2, -0.15) is 0 Å². The fourth-order valence-corrected chi connectivity index (χ4v) is 1.92. The molecule has 0 fully saturated rings. The molecular formula is C12H12N8O. The summed E-state index contributed by atoms with van der Waals surface area (Å²) in [6, 6.07) is 3.38. The first-order valence-electron chi connectivity index (χ1n) is 6.06. The van der Waals surface area contributed by atoms with Crippen LogP contribution in [0.2, 0.25) is 0 Å². The molecule has 3 heterocycles. The topological polar surface area (TPSA) is 138 Å². The highest BCUT2D eigenvalue weighted by molar-refractivity contribution is 5.93. The van der Waals surface area contributed by atoms with E-state index in [-0.39, 0.29) is 5.91 Å². The summed E-state index contributed by atoms with van der Waals surface area (Å²) in [4.78, 5) is 27.8. The number of hydrazine groups is 1. The Morgan fingerprint density at radius 2 is 2.10 bits per heavy atom. The average molecular weight is 284 g/mol. The highest BCUT2D eigenvalue weighted by Crippen LogP contribution is 2.15. The number of rotatable bonds is 3.